The second-order valence-electron chi connectivity index (χ2n) is 5.16. The molecule has 4 heteroatoms. The maximum absolute atomic E-state index is 5.65. The molecule has 1 aliphatic rings. The predicted molar refractivity (Wildman–Crippen MR) is 71.3 cm³/mol. The minimum atomic E-state index is 0.0184. The lowest BCUT2D eigenvalue weighted by Gasteiger charge is -2.39. The number of ether oxygens (including phenoxy) is 1. The number of benzene rings is 1. The second-order valence-corrected chi connectivity index (χ2v) is 5.16. The summed E-state index contributed by atoms with van der Waals surface area (Å²) in [6.07, 6.45) is 4.39. The molecule has 0 unspecified atom stereocenters. The molecule has 4 nitrogen and oxygen atoms in total. The van der Waals surface area contributed by atoms with Crippen molar-refractivity contribution in [2.75, 3.05) is 7.11 Å². The molecule has 1 saturated carbocycles. The molecule has 18 heavy (non-hydrogen) atoms. The topological polar surface area (TPSA) is 63.9 Å². The van der Waals surface area contributed by atoms with Crippen LogP contribution in [0.5, 0.6) is 0 Å². The first-order valence-corrected chi connectivity index (χ1v) is 6.47. The zero-order valence-corrected chi connectivity index (χ0v) is 10.7. The first-order chi connectivity index (χ1) is 8.74. The summed E-state index contributed by atoms with van der Waals surface area (Å²) in [6.45, 7) is 0.562. The number of aromatic amines is 1. The van der Waals surface area contributed by atoms with Crippen LogP contribution in [0.2, 0.25) is 0 Å². The van der Waals surface area contributed by atoms with Gasteiger partial charge in [0.05, 0.1) is 16.6 Å². The molecular weight excluding hydrogens is 226 g/mol. The lowest BCUT2D eigenvalue weighted by atomic mass is 9.77. The Morgan fingerprint density at radius 1 is 1.44 bits per heavy atom. The molecule has 0 amide bonds. The normalized spacial score (nSPS) is 17.9. The Labute approximate surface area is 107 Å². The van der Waals surface area contributed by atoms with E-state index in [2.05, 4.69) is 16.0 Å². The fourth-order valence-corrected chi connectivity index (χ4v) is 2.65. The van der Waals surface area contributed by atoms with Gasteiger partial charge in [-0.1, -0.05) is 6.07 Å². The van der Waals surface area contributed by atoms with E-state index in [9.17, 15) is 0 Å². The smallest absolute Gasteiger partial charge is 0.110 e. The number of fused-ring (bicyclic) bond motifs is 1. The van der Waals surface area contributed by atoms with E-state index in [1.165, 1.54) is 6.42 Å². The van der Waals surface area contributed by atoms with Crippen molar-refractivity contribution in [3.05, 3.63) is 29.6 Å². The number of methoxy groups -OCH3 is 1. The Morgan fingerprint density at radius 3 is 2.89 bits per heavy atom. The average molecular weight is 245 g/mol. The average Bonchev–Trinajstić information content (AvgIpc) is 2.74. The van der Waals surface area contributed by atoms with Gasteiger partial charge in [-0.3, -0.25) is 0 Å². The van der Waals surface area contributed by atoms with Crippen molar-refractivity contribution in [2.45, 2.75) is 37.8 Å². The van der Waals surface area contributed by atoms with Crippen molar-refractivity contribution in [3.8, 4) is 0 Å². The van der Waals surface area contributed by atoms with Gasteiger partial charge in [0.25, 0.3) is 0 Å². The van der Waals surface area contributed by atoms with Crippen LogP contribution in [0.25, 0.3) is 11.0 Å². The Bertz CT molecular complexity index is 552. The molecule has 0 aliphatic heterocycles. The summed E-state index contributed by atoms with van der Waals surface area (Å²) in [6, 6.07) is 6.13. The maximum Gasteiger partial charge on any atom is 0.110 e. The fourth-order valence-electron chi connectivity index (χ4n) is 2.65. The van der Waals surface area contributed by atoms with E-state index in [0.717, 1.165) is 41.7 Å². The number of imidazole rings is 1. The highest BCUT2D eigenvalue weighted by molar-refractivity contribution is 5.75. The van der Waals surface area contributed by atoms with Gasteiger partial charge in [-0.2, -0.15) is 0 Å². The number of H-pyrrole nitrogens is 1. The van der Waals surface area contributed by atoms with Crippen molar-refractivity contribution in [1.82, 2.24) is 9.97 Å². The highest BCUT2D eigenvalue weighted by Crippen LogP contribution is 2.37. The molecule has 0 radical (unpaired) electrons. The van der Waals surface area contributed by atoms with Crippen LogP contribution in [-0.2, 0) is 17.7 Å². The Kier molecular flexibility index (Phi) is 2.84. The van der Waals surface area contributed by atoms with Crippen LogP contribution >= 0.6 is 0 Å². The monoisotopic (exact) mass is 245 g/mol. The highest BCUT2D eigenvalue weighted by Gasteiger charge is 2.37. The molecule has 1 aromatic heterocycles. The molecule has 0 bridgehead atoms. The standard InChI is InChI=1S/C14H19N3O/c1-18-14(5-2-6-14)8-13-16-11-4-3-10(9-15)7-12(11)17-13/h3-4,7H,2,5-6,8-9,15H2,1H3,(H,16,17). The maximum atomic E-state index is 5.65. The molecule has 96 valence electrons. The summed E-state index contributed by atoms with van der Waals surface area (Å²) in [5.41, 5.74) is 8.87. The van der Waals surface area contributed by atoms with E-state index in [-0.39, 0.29) is 5.60 Å². The van der Waals surface area contributed by atoms with E-state index in [4.69, 9.17) is 10.5 Å². The molecule has 0 spiro atoms. The van der Waals surface area contributed by atoms with Crippen molar-refractivity contribution < 1.29 is 4.74 Å². The summed E-state index contributed by atoms with van der Waals surface area (Å²) in [5, 5.41) is 0. The minimum Gasteiger partial charge on any atom is -0.378 e. The third-order valence-corrected chi connectivity index (χ3v) is 4.02. The number of nitrogens with two attached hydrogens (primary N) is 1. The van der Waals surface area contributed by atoms with Crippen molar-refractivity contribution in [2.24, 2.45) is 5.73 Å². The molecule has 3 rings (SSSR count). The van der Waals surface area contributed by atoms with Gasteiger partial charge in [-0.25, -0.2) is 4.98 Å². The fraction of sp³-hybridized carbons (Fsp3) is 0.500. The van der Waals surface area contributed by atoms with Crippen LogP contribution in [0.4, 0.5) is 0 Å². The number of hydrogen-bond donors (Lipinski definition) is 2. The van der Waals surface area contributed by atoms with E-state index >= 15 is 0 Å². The minimum absolute atomic E-state index is 0.0184. The van der Waals surface area contributed by atoms with Crippen LogP contribution < -0.4 is 5.73 Å². The molecule has 0 saturated heterocycles. The van der Waals surface area contributed by atoms with Crippen molar-refractivity contribution in [1.29, 1.82) is 0 Å². The number of nitrogens with zero attached hydrogens (tertiary/aromatic N) is 1. The molecule has 0 atom stereocenters. The van der Waals surface area contributed by atoms with Crippen molar-refractivity contribution in [3.63, 3.8) is 0 Å². The molecule has 1 aromatic carbocycles. The third kappa shape index (κ3) is 1.91. The number of hydrogen-bond acceptors (Lipinski definition) is 3. The molecule has 1 fully saturated rings. The predicted octanol–water partition coefficient (Wildman–Crippen LogP) is 2.13. The number of aromatic nitrogens is 2. The van der Waals surface area contributed by atoms with Crippen LogP contribution in [-0.4, -0.2) is 22.7 Å². The van der Waals surface area contributed by atoms with Crippen LogP contribution in [0, 0.1) is 0 Å². The summed E-state index contributed by atoms with van der Waals surface area (Å²) < 4.78 is 5.64. The van der Waals surface area contributed by atoms with Gasteiger partial charge in [0.2, 0.25) is 0 Å². The SMILES string of the molecule is COC1(Cc2nc3ccc(CN)cc3[nH]2)CCC1. The Hall–Kier alpha value is -1.39. The Morgan fingerprint density at radius 2 is 2.28 bits per heavy atom. The molecule has 1 heterocycles. The highest BCUT2D eigenvalue weighted by atomic mass is 16.5. The number of rotatable bonds is 4. The summed E-state index contributed by atoms with van der Waals surface area (Å²) in [4.78, 5) is 8.01. The summed E-state index contributed by atoms with van der Waals surface area (Å²) in [5.74, 6) is 1.01. The van der Waals surface area contributed by atoms with E-state index < -0.39 is 0 Å². The first-order valence-electron chi connectivity index (χ1n) is 6.47. The molecule has 1 aliphatic carbocycles. The molecular formula is C14H19N3O. The van der Waals surface area contributed by atoms with Gasteiger partial charge in [-0.05, 0) is 37.0 Å². The molecule has 2 aromatic rings. The van der Waals surface area contributed by atoms with Gasteiger partial charge in [0.15, 0.2) is 0 Å². The van der Waals surface area contributed by atoms with Crippen LogP contribution in [0.3, 0.4) is 0 Å². The van der Waals surface area contributed by atoms with Crippen LogP contribution in [0.15, 0.2) is 18.2 Å². The summed E-state index contributed by atoms with van der Waals surface area (Å²) >= 11 is 0. The largest absolute Gasteiger partial charge is 0.378 e. The van der Waals surface area contributed by atoms with Gasteiger partial charge in [0, 0.05) is 20.1 Å². The lowest BCUT2D eigenvalue weighted by molar-refractivity contribution is -0.0719. The van der Waals surface area contributed by atoms with Crippen LogP contribution in [0.1, 0.15) is 30.7 Å². The van der Waals surface area contributed by atoms with Gasteiger partial charge < -0.3 is 15.5 Å². The molecule has 3 N–H and O–H groups in total. The van der Waals surface area contributed by atoms with E-state index in [1.807, 2.05) is 12.1 Å². The van der Waals surface area contributed by atoms with Gasteiger partial charge in [0.1, 0.15) is 5.82 Å². The Balaban J connectivity index is 1.88. The van der Waals surface area contributed by atoms with Crippen molar-refractivity contribution >= 4 is 11.0 Å². The van der Waals surface area contributed by atoms with Gasteiger partial charge in [-0.15, -0.1) is 0 Å². The van der Waals surface area contributed by atoms with E-state index in [0.29, 0.717) is 6.54 Å². The zero-order chi connectivity index (χ0) is 12.6. The van der Waals surface area contributed by atoms with E-state index in [1.54, 1.807) is 7.11 Å². The van der Waals surface area contributed by atoms with Gasteiger partial charge >= 0.3 is 0 Å². The second kappa shape index (κ2) is 4.37. The quantitative estimate of drug-likeness (QED) is 0.867. The first kappa shape index (κ1) is 11.7. The summed E-state index contributed by atoms with van der Waals surface area (Å²) in [7, 11) is 1.80. The third-order valence-electron chi connectivity index (χ3n) is 4.02. The lowest BCUT2D eigenvalue weighted by Crippen LogP contribution is -2.41. The number of nitrogens with one attached hydrogen (secondary N) is 1. The zero-order valence-electron chi connectivity index (χ0n) is 10.7.